The van der Waals surface area contributed by atoms with Gasteiger partial charge in [-0.15, -0.1) is 5.10 Å². The van der Waals surface area contributed by atoms with Crippen molar-refractivity contribution < 1.29 is 19.5 Å². The summed E-state index contributed by atoms with van der Waals surface area (Å²) in [6.07, 6.45) is 1.27. The van der Waals surface area contributed by atoms with E-state index in [1.165, 1.54) is 10.9 Å². The molecule has 1 rings (SSSR count). The van der Waals surface area contributed by atoms with E-state index in [1.807, 2.05) is 0 Å². The summed E-state index contributed by atoms with van der Waals surface area (Å²) >= 11 is 0. The Morgan fingerprint density at radius 1 is 1.45 bits per heavy atom. The van der Waals surface area contributed by atoms with E-state index >= 15 is 0 Å². The van der Waals surface area contributed by atoms with Gasteiger partial charge in [-0.3, -0.25) is 10.1 Å². The highest BCUT2D eigenvalue weighted by Gasteiger charge is 2.21. The largest absolute Gasteiger partial charge is 0.469 e. The van der Waals surface area contributed by atoms with Crippen LogP contribution in [0.1, 0.15) is 0 Å². The zero-order chi connectivity index (χ0) is 15.2. The van der Waals surface area contributed by atoms with Gasteiger partial charge in [-0.1, -0.05) is 19.6 Å². The predicted octanol–water partition coefficient (Wildman–Crippen LogP) is 1.47. The maximum absolute atomic E-state index is 10.8. The van der Waals surface area contributed by atoms with E-state index < -0.39 is 13.0 Å². The lowest BCUT2D eigenvalue weighted by Gasteiger charge is -2.15. The third kappa shape index (κ3) is 5.68. The van der Waals surface area contributed by atoms with Crippen LogP contribution in [0.5, 0.6) is 5.88 Å². The van der Waals surface area contributed by atoms with Gasteiger partial charge in [-0.05, 0) is 6.04 Å². The Morgan fingerprint density at radius 2 is 2.15 bits per heavy atom. The molecule has 114 valence electrons. The Labute approximate surface area is 118 Å². The number of nitrogens with zero attached hydrogens (tertiary/aromatic N) is 3. The molecule has 1 N–H and O–H groups in total. The Hall–Kier alpha value is -1.45. The van der Waals surface area contributed by atoms with Crippen LogP contribution in [0.3, 0.4) is 0 Å². The molecule has 0 unspecified atom stereocenters. The predicted molar refractivity (Wildman–Crippen MR) is 75.6 cm³/mol. The molecule has 0 bridgehead atoms. The molecule has 0 spiro atoms. The molecule has 1 heterocycles. The van der Waals surface area contributed by atoms with Crippen molar-refractivity contribution in [2.45, 2.75) is 32.4 Å². The SMILES string of the molecule is C[Si](C)(C)CCOCn1cc([N+](=O)[O-])c(OCCO)n1. The second kappa shape index (κ2) is 7.36. The van der Waals surface area contributed by atoms with Crippen molar-refractivity contribution in [2.24, 2.45) is 0 Å². The van der Waals surface area contributed by atoms with Crippen LogP contribution in [-0.2, 0) is 11.5 Å². The van der Waals surface area contributed by atoms with E-state index in [4.69, 9.17) is 14.6 Å². The Bertz CT molecular complexity index is 444. The number of aliphatic hydroxyl groups is 1. The van der Waals surface area contributed by atoms with E-state index in [0.29, 0.717) is 6.61 Å². The van der Waals surface area contributed by atoms with E-state index in [-0.39, 0.29) is 31.5 Å². The van der Waals surface area contributed by atoms with Crippen molar-refractivity contribution in [1.29, 1.82) is 0 Å². The number of hydrogen-bond donors (Lipinski definition) is 1. The molecule has 0 fully saturated rings. The molecule has 0 aliphatic rings. The van der Waals surface area contributed by atoms with Gasteiger partial charge in [0.2, 0.25) is 0 Å². The zero-order valence-corrected chi connectivity index (χ0v) is 13.0. The highest BCUT2D eigenvalue weighted by molar-refractivity contribution is 6.76. The first-order valence-corrected chi connectivity index (χ1v) is 10.1. The van der Waals surface area contributed by atoms with Crippen molar-refractivity contribution in [3.05, 3.63) is 16.3 Å². The van der Waals surface area contributed by atoms with Gasteiger partial charge in [0.25, 0.3) is 0 Å². The molecule has 20 heavy (non-hydrogen) atoms. The maximum atomic E-state index is 10.8. The fraction of sp³-hybridized carbons (Fsp3) is 0.727. The smallest absolute Gasteiger partial charge is 0.350 e. The minimum absolute atomic E-state index is 0.0334. The van der Waals surface area contributed by atoms with Crippen LogP contribution in [0, 0.1) is 10.1 Å². The highest BCUT2D eigenvalue weighted by atomic mass is 28.3. The molecule has 0 saturated carbocycles. The van der Waals surface area contributed by atoms with Gasteiger partial charge < -0.3 is 14.6 Å². The van der Waals surface area contributed by atoms with Crippen LogP contribution in [0.2, 0.25) is 25.7 Å². The van der Waals surface area contributed by atoms with Crippen molar-refractivity contribution in [3.63, 3.8) is 0 Å². The lowest BCUT2D eigenvalue weighted by atomic mass is 10.5. The van der Waals surface area contributed by atoms with Crippen LogP contribution >= 0.6 is 0 Å². The van der Waals surface area contributed by atoms with Gasteiger partial charge >= 0.3 is 11.6 Å². The molecule has 1 aromatic rings. The number of nitro groups is 1. The van der Waals surface area contributed by atoms with Crippen molar-refractivity contribution in [2.75, 3.05) is 19.8 Å². The van der Waals surface area contributed by atoms with Gasteiger partial charge in [0.1, 0.15) is 19.5 Å². The number of aromatic nitrogens is 2. The standard InChI is InChI=1S/C11H21N3O5Si/c1-20(2,3)7-6-18-9-13-8-10(14(16)17)11(12-13)19-5-4-15/h8,15H,4-7,9H2,1-3H3. The molecule has 9 heteroatoms. The molecule has 0 amide bonds. The summed E-state index contributed by atoms with van der Waals surface area (Å²) in [6, 6.07) is 1.02. The molecule has 0 saturated heterocycles. The van der Waals surface area contributed by atoms with Crippen molar-refractivity contribution in [1.82, 2.24) is 9.78 Å². The quantitative estimate of drug-likeness (QED) is 0.321. The van der Waals surface area contributed by atoms with Crippen LogP contribution in [0.15, 0.2) is 6.20 Å². The summed E-state index contributed by atoms with van der Waals surface area (Å²) in [5.41, 5.74) is -0.229. The van der Waals surface area contributed by atoms with E-state index in [9.17, 15) is 10.1 Å². The van der Waals surface area contributed by atoms with Crippen LogP contribution in [-0.4, -0.2) is 47.7 Å². The lowest BCUT2D eigenvalue weighted by Crippen LogP contribution is -2.22. The van der Waals surface area contributed by atoms with Crippen LogP contribution in [0.25, 0.3) is 0 Å². The first kappa shape index (κ1) is 16.6. The molecule has 0 aromatic carbocycles. The first-order valence-electron chi connectivity index (χ1n) is 6.37. The second-order valence-corrected chi connectivity index (χ2v) is 11.2. The fourth-order valence-electron chi connectivity index (χ4n) is 1.37. The van der Waals surface area contributed by atoms with E-state index in [0.717, 1.165) is 6.04 Å². The van der Waals surface area contributed by atoms with Crippen LogP contribution < -0.4 is 4.74 Å². The summed E-state index contributed by atoms with van der Waals surface area (Å²) in [6.45, 7) is 7.23. The maximum Gasteiger partial charge on any atom is 0.350 e. The van der Waals surface area contributed by atoms with E-state index in [2.05, 4.69) is 24.7 Å². The van der Waals surface area contributed by atoms with E-state index in [1.54, 1.807) is 0 Å². The molecule has 8 nitrogen and oxygen atoms in total. The molecule has 0 aliphatic heterocycles. The highest BCUT2D eigenvalue weighted by Crippen LogP contribution is 2.24. The Kier molecular flexibility index (Phi) is 6.11. The molecule has 0 atom stereocenters. The molecule has 0 radical (unpaired) electrons. The van der Waals surface area contributed by atoms with Crippen molar-refractivity contribution in [3.8, 4) is 5.88 Å². The van der Waals surface area contributed by atoms with Gasteiger partial charge in [0.05, 0.1) is 11.5 Å². The second-order valence-electron chi connectivity index (χ2n) is 5.54. The number of rotatable bonds is 9. The zero-order valence-electron chi connectivity index (χ0n) is 12.0. The van der Waals surface area contributed by atoms with Gasteiger partial charge in [0.15, 0.2) is 0 Å². The molecular formula is C11H21N3O5Si. The molecular weight excluding hydrogens is 282 g/mol. The first-order chi connectivity index (χ1) is 9.33. The monoisotopic (exact) mass is 303 g/mol. The number of ether oxygens (including phenoxy) is 2. The van der Waals surface area contributed by atoms with Gasteiger partial charge in [0, 0.05) is 14.7 Å². The normalized spacial score (nSPS) is 11.6. The number of hydrogen-bond acceptors (Lipinski definition) is 6. The van der Waals surface area contributed by atoms with Gasteiger partial charge in [-0.25, -0.2) is 4.68 Å². The lowest BCUT2D eigenvalue weighted by molar-refractivity contribution is -0.386. The topological polar surface area (TPSA) is 99.7 Å². The number of aliphatic hydroxyl groups excluding tert-OH is 1. The van der Waals surface area contributed by atoms with Gasteiger partial charge in [-0.2, -0.15) is 0 Å². The summed E-state index contributed by atoms with van der Waals surface area (Å²) in [7, 11) is -1.15. The third-order valence-corrected chi connectivity index (χ3v) is 4.16. The minimum Gasteiger partial charge on any atom is -0.469 e. The Balaban J connectivity index is 2.56. The minimum atomic E-state index is -1.15. The summed E-state index contributed by atoms with van der Waals surface area (Å²) in [5.74, 6) is -0.0992. The average Bonchev–Trinajstić information content (AvgIpc) is 2.74. The fourth-order valence-corrected chi connectivity index (χ4v) is 2.12. The molecule has 1 aromatic heterocycles. The molecule has 0 aliphatic carbocycles. The Morgan fingerprint density at radius 3 is 2.70 bits per heavy atom. The summed E-state index contributed by atoms with van der Waals surface area (Å²) in [5, 5.41) is 23.4. The average molecular weight is 303 g/mol. The third-order valence-electron chi connectivity index (χ3n) is 2.46. The van der Waals surface area contributed by atoms with Crippen LogP contribution in [0.4, 0.5) is 5.69 Å². The summed E-state index contributed by atoms with van der Waals surface area (Å²) in [4.78, 5) is 10.3. The van der Waals surface area contributed by atoms with Crippen molar-refractivity contribution >= 4 is 13.8 Å². The summed E-state index contributed by atoms with van der Waals surface area (Å²) < 4.78 is 11.8.